The van der Waals surface area contributed by atoms with Crippen molar-refractivity contribution in [2.75, 3.05) is 18.9 Å². The van der Waals surface area contributed by atoms with E-state index in [1.165, 1.54) is 30.6 Å². The average Bonchev–Trinajstić information content (AvgIpc) is 3.47. The van der Waals surface area contributed by atoms with Crippen molar-refractivity contribution in [3.8, 4) is 11.5 Å². The molecule has 4 rings (SSSR count). The predicted octanol–water partition coefficient (Wildman–Crippen LogP) is 4.81. The molecule has 0 atom stereocenters. The number of fused-ring (bicyclic) bond motifs is 1. The molecular formula is C27H32N6O3S. The molecular weight excluding hydrogens is 488 g/mol. The third-order valence-corrected chi connectivity index (χ3v) is 6.45. The van der Waals surface area contributed by atoms with Gasteiger partial charge in [-0.3, -0.25) is 4.79 Å². The monoisotopic (exact) mass is 520 g/mol. The maximum Gasteiger partial charge on any atom is 0.247 e. The summed E-state index contributed by atoms with van der Waals surface area (Å²) in [5.41, 5.74) is 10.1. The maximum atomic E-state index is 12.1. The van der Waals surface area contributed by atoms with Gasteiger partial charge in [-0.15, -0.1) is 10.2 Å². The molecule has 2 heterocycles. The molecule has 37 heavy (non-hydrogen) atoms. The predicted molar refractivity (Wildman–Crippen MR) is 147 cm³/mol. The molecule has 0 aliphatic rings. The van der Waals surface area contributed by atoms with Gasteiger partial charge in [-0.2, -0.15) is 5.10 Å². The number of ether oxygens (including phenoxy) is 2. The van der Waals surface area contributed by atoms with Crippen molar-refractivity contribution in [1.29, 1.82) is 0 Å². The van der Waals surface area contributed by atoms with Crippen LogP contribution in [-0.2, 0) is 17.8 Å². The number of nitrogen functional groups attached to an aromatic ring is 1. The third kappa shape index (κ3) is 7.78. The van der Waals surface area contributed by atoms with Crippen LogP contribution < -0.4 is 20.6 Å². The van der Waals surface area contributed by atoms with E-state index in [0.29, 0.717) is 23.3 Å². The van der Waals surface area contributed by atoms with Gasteiger partial charge in [-0.1, -0.05) is 55.7 Å². The first-order valence-corrected chi connectivity index (χ1v) is 13.3. The molecule has 4 aromatic rings. The minimum atomic E-state index is -0.280. The number of carbonyl (C=O) groups excluding carboxylic acids is 1. The van der Waals surface area contributed by atoms with E-state index in [4.69, 9.17) is 15.2 Å². The summed E-state index contributed by atoms with van der Waals surface area (Å²) in [5, 5.41) is 13.6. The van der Waals surface area contributed by atoms with Crippen molar-refractivity contribution >= 4 is 39.5 Å². The number of hydrogen-bond donors (Lipinski definition) is 2. The number of amides is 1. The number of para-hydroxylation sites is 1. The van der Waals surface area contributed by atoms with Crippen LogP contribution in [0.25, 0.3) is 10.9 Å². The van der Waals surface area contributed by atoms with Gasteiger partial charge in [0, 0.05) is 22.7 Å². The molecule has 3 N–H and O–H groups in total. The van der Waals surface area contributed by atoms with E-state index in [9.17, 15) is 4.79 Å². The number of aromatic nitrogens is 3. The first-order chi connectivity index (χ1) is 18.1. The van der Waals surface area contributed by atoms with Gasteiger partial charge >= 0.3 is 0 Å². The minimum absolute atomic E-state index is 0.0807. The lowest BCUT2D eigenvalue weighted by Gasteiger charge is -2.10. The molecule has 194 valence electrons. The van der Waals surface area contributed by atoms with Crippen molar-refractivity contribution in [2.24, 2.45) is 5.10 Å². The van der Waals surface area contributed by atoms with E-state index in [1.807, 2.05) is 48.7 Å². The topological polar surface area (TPSA) is 117 Å². The van der Waals surface area contributed by atoms with E-state index in [0.717, 1.165) is 41.0 Å². The molecule has 0 radical (unpaired) electrons. The van der Waals surface area contributed by atoms with Gasteiger partial charge < -0.3 is 19.8 Å². The molecule has 10 heteroatoms. The first-order valence-electron chi connectivity index (χ1n) is 12.5. The Balaban J connectivity index is 1.29. The summed E-state index contributed by atoms with van der Waals surface area (Å²) >= 11 is 1.18. The van der Waals surface area contributed by atoms with Gasteiger partial charge in [0.25, 0.3) is 0 Å². The Labute approximate surface area is 220 Å². The number of nitrogens with two attached hydrogens (primary N) is 1. The Bertz CT molecular complexity index is 1320. The number of hydrazone groups is 1. The number of rotatable bonds is 14. The van der Waals surface area contributed by atoms with Gasteiger partial charge in [-0.25, -0.2) is 5.43 Å². The summed E-state index contributed by atoms with van der Waals surface area (Å²) in [6.07, 6.45) is 8.49. The molecule has 2 aromatic carbocycles. The fourth-order valence-corrected chi connectivity index (χ4v) is 4.47. The lowest BCUT2D eigenvalue weighted by Crippen LogP contribution is -2.19. The zero-order chi connectivity index (χ0) is 25.9. The Hall–Kier alpha value is -3.92. The summed E-state index contributed by atoms with van der Waals surface area (Å²) in [4.78, 5) is 12.1. The number of hydrogen-bond acceptors (Lipinski definition) is 8. The maximum absolute atomic E-state index is 12.1. The van der Waals surface area contributed by atoms with Crippen LogP contribution >= 0.6 is 11.3 Å². The van der Waals surface area contributed by atoms with Gasteiger partial charge in [0.2, 0.25) is 11.0 Å². The molecule has 1 amide bonds. The first kappa shape index (κ1) is 26.2. The van der Waals surface area contributed by atoms with Gasteiger partial charge in [0.05, 0.1) is 25.8 Å². The fourth-order valence-electron chi connectivity index (χ4n) is 3.86. The van der Waals surface area contributed by atoms with Crippen LogP contribution in [0.5, 0.6) is 11.5 Å². The zero-order valence-electron chi connectivity index (χ0n) is 20.9. The molecule has 0 saturated heterocycles. The van der Waals surface area contributed by atoms with Crippen molar-refractivity contribution in [1.82, 2.24) is 20.2 Å². The lowest BCUT2D eigenvalue weighted by atomic mass is 10.2. The van der Waals surface area contributed by atoms with Gasteiger partial charge in [0.1, 0.15) is 23.1 Å². The van der Waals surface area contributed by atoms with Gasteiger partial charge in [0.15, 0.2) is 0 Å². The highest BCUT2D eigenvalue weighted by atomic mass is 32.1. The number of anilines is 1. The second-order valence-electron chi connectivity index (χ2n) is 8.53. The number of carbonyl (C=O) groups is 1. The largest absolute Gasteiger partial charge is 0.494 e. The quantitative estimate of drug-likeness (QED) is 0.140. The standard InChI is InChI=1S/C27H32N6O3S/c1-2-3-4-7-15-35-21-10-12-22(13-11-21)36-16-14-33-19-20(23-8-5-6-9-24(23)33)18-29-30-25(34)17-26-31-32-27(28)37-26/h5-6,8-13,18-19H,2-4,7,14-17H2,1H3,(H2,28,32)(H,30,34). The number of nitrogens with one attached hydrogen (secondary N) is 1. The van der Waals surface area contributed by atoms with E-state index in [-0.39, 0.29) is 12.3 Å². The van der Waals surface area contributed by atoms with Crippen LogP contribution in [-0.4, -0.2) is 40.1 Å². The molecule has 2 aromatic heterocycles. The third-order valence-electron chi connectivity index (χ3n) is 5.70. The van der Waals surface area contributed by atoms with Crippen LogP contribution in [0.15, 0.2) is 59.8 Å². The Morgan fingerprint density at radius 1 is 1.05 bits per heavy atom. The van der Waals surface area contributed by atoms with E-state index in [1.54, 1.807) is 6.21 Å². The lowest BCUT2D eigenvalue weighted by molar-refractivity contribution is -0.120. The Morgan fingerprint density at radius 2 is 1.81 bits per heavy atom. The zero-order valence-corrected chi connectivity index (χ0v) is 21.7. The summed E-state index contributed by atoms with van der Waals surface area (Å²) in [6, 6.07) is 15.8. The average molecular weight is 521 g/mol. The summed E-state index contributed by atoms with van der Waals surface area (Å²) in [7, 11) is 0. The Kier molecular flexibility index (Phi) is 9.47. The van der Waals surface area contributed by atoms with E-state index >= 15 is 0 Å². The summed E-state index contributed by atoms with van der Waals surface area (Å²) < 4.78 is 13.9. The summed E-state index contributed by atoms with van der Waals surface area (Å²) in [5.74, 6) is 1.39. The van der Waals surface area contributed by atoms with E-state index in [2.05, 4.69) is 38.3 Å². The number of nitrogens with zero attached hydrogens (tertiary/aromatic N) is 4. The van der Waals surface area contributed by atoms with Crippen LogP contribution in [0, 0.1) is 0 Å². The normalized spacial score (nSPS) is 11.3. The molecule has 0 aliphatic carbocycles. The van der Waals surface area contributed by atoms with Crippen LogP contribution in [0.1, 0.15) is 43.2 Å². The van der Waals surface area contributed by atoms with Crippen LogP contribution in [0.2, 0.25) is 0 Å². The molecule has 0 fully saturated rings. The fraction of sp³-hybridized carbons (Fsp3) is 0.333. The highest BCUT2D eigenvalue weighted by molar-refractivity contribution is 7.15. The highest BCUT2D eigenvalue weighted by Gasteiger charge is 2.09. The van der Waals surface area contributed by atoms with Crippen molar-refractivity contribution in [3.63, 3.8) is 0 Å². The van der Waals surface area contributed by atoms with Gasteiger partial charge in [-0.05, 0) is 36.8 Å². The molecule has 0 bridgehead atoms. The smallest absolute Gasteiger partial charge is 0.247 e. The molecule has 0 saturated carbocycles. The van der Waals surface area contributed by atoms with E-state index < -0.39 is 0 Å². The second-order valence-corrected chi connectivity index (χ2v) is 9.62. The number of benzene rings is 2. The number of unbranched alkanes of at least 4 members (excludes halogenated alkanes) is 3. The highest BCUT2D eigenvalue weighted by Crippen LogP contribution is 2.21. The molecule has 0 spiro atoms. The Morgan fingerprint density at radius 3 is 2.54 bits per heavy atom. The molecule has 9 nitrogen and oxygen atoms in total. The van der Waals surface area contributed by atoms with Crippen molar-refractivity contribution in [2.45, 2.75) is 45.6 Å². The molecule has 0 aliphatic heterocycles. The van der Waals surface area contributed by atoms with Crippen LogP contribution in [0.3, 0.4) is 0 Å². The summed E-state index contributed by atoms with van der Waals surface area (Å²) in [6.45, 7) is 4.12. The SMILES string of the molecule is CCCCCCOc1ccc(OCCn2cc(C=NNC(=O)Cc3nnc(N)s3)c3ccccc32)cc1. The van der Waals surface area contributed by atoms with Crippen LogP contribution in [0.4, 0.5) is 5.13 Å². The van der Waals surface area contributed by atoms with Crippen molar-refractivity contribution < 1.29 is 14.3 Å². The second kappa shape index (κ2) is 13.4. The molecule has 0 unspecified atom stereocenters. The minimum Gasteiger partial charge on any atom is -0.494 e. The van der Waals surface area contributed by atoms with Crippen molar-refractivity contribution in [3.05, 3.63) is 65.3 Å².